The van der Waals surface area contributed by atoms with Crippen LogP contribution in [0.2, 0.25) is 0 Å². The smallest absolute Gasteiger partial charge is 0.150 e. The monoisotopic (exact) mass is 286 g/mol. The van der Waals surface area contributed by atoms with Crippen LogP contribution in [0.3, 0.4) is 0 Å². The molecule has 2 nitrogen and oxygen atoms in total. The van der Waals surface area contributed by atoms with E-state index in [0.29, 0.717) is 5.56 Å². The summed E-state index contributed by atoms with van der Waals surface area (Å²) in [5.41, 5.74) is 2.68. The van der Waals surface area contributed by atoms with Gasteiger partial charge in [0.05, 0.1) is 7.11 Å². The van der Waals surface area contributed by atoms with Crippen LogP contribution < -0.4 is 0 Å². The zero-order valence-electron chi connectivity index (χ0n) is 13.6. The van der Waals surface area contributed by atoms with Gasteiger partial charge in [-0.2, -0.15) is 0 Å². The summed E-state index contributed by atoms with van der Waals surface area (Å²) in [6.45, 7) is 9.25. The van der Waals surface area contributed by atoms with Crippen molar-refractivity contribution in [1.29, 1.82) is 0 Å². The maximum absolute atomic E-state index is 11.0. The summed E-state index contributed by atoms with van der Waals surface area (Å²) in [6.07, 6.45) is 8.67. The van der Waals surface area contributed by atoms with Gasteiger partial charge in [0.1, 0.15) is 5.76 Å². The van der Waals surface area contributed by atoms with Gasteiger partial charge in [0, 0.05) is 17.6 Å². The molecule has 0 N–H and O–H groups in total. The van der Waals surface area contributed by atoms with Crippen LogP contribution >= 0.6 is 0 Å². The predicted molar refractivity (Wildman–Crippen MR) is 91.4 cm³/mol. The average molecular weight is 286 g/mol. The SMILES string of the molecule is C=CC.CC.COC1=C(c2ccccc2C=O)C=CCC1. The molecule has 1 aliphatic rings. The summed E-state index contributed by atoms with van der Waals surface area (Å²) in [7, 11) is 1.68. The van der Waals surface area contributed by atoms with E-state index >= 15 is 0 Å². The quantitative estimate of drug-likeness (QED) is 0.547. The Kier molecular flexibility index (Phi) is 10.5. The van der Waals surface area contributed by atoms with Crippen LogP contribution in [0.5, 0.6) is 0 Å². The molecule has 0 aromatic heterocycles. The molecule has 1 aromatic rings. The third-order valence-electron chi connectivity index (χ3n) is 2.75. The fourth-order valence-electron chi connectivity index (χ4n) is 1.94. The highest BCUT2D eigenvalue weighted by atomic mass is 16.5. The number of carbonyl (C=O) groups is 1. The molecule has 1 aromatic carbocycles. The highest BCUT2D eigenvalue weighted by Gasteiger charge is 2.13. The number of rotatable bonds is 3. The van der Waals surface area contributed by atoms with Crippen LogP contribution in [-0.4, -0.2) is 13.4 Å². The zero-order chi connectivity index (χ0) is 16.1. The van der Waals surface area contributed by atoms with Gasteiger partial charge in [0.2, 0.25) is 0 Å². The van der Waals surface area contributed by atoms with E-state index in [2.05, 4.69) is 12.7 Å². The molecule has 0 aliphatic heterocycles. The first-order valence-electron chi connectivity index (χ1n) is 7.33. The Hall–Kier alpha value is -2.09. The number of hydrogen-bond donors (Lipinski definition) is 0. The van der Waals surface area contributed by atoms with Crippen molar-refractivity contribution in [3.8, 4) is 0 Å². The molecular weight excluding hydrogens is 260 g/mol. The predicted octanol–water partition coefficient (Wildman–Crippen LogP) is 5.43. The van der Waals surface area contributed by atoms with Gasteiger partial charge in [0.15, 0.2) is 6.29 Å². The number of carbonyl (C=O) groups excluding carboxylic acids is 1. The van der Waals surface area contributed by atoms with Crippen molar-refractivity contribution in [3.63, 3.8) is 0 Å². The van der Waals surface area contributed by atoms with E-state index < -0.39 is 0 Å². The third kappa shape index (κ3) is 5.82. The molecule has 0 atom stereocenters. The molecule has 0 unspecified atom stereocenters. The Labute approximate surface area is 128 Å². The average Bonchev–Trinajstić information content (AvgIpc) is 2.57. The summed E-state index contributed by atoms with van der Waals surface area (Å²) < 4.78 is 5.37. The second-order valence-corrected chi connectivity index (χ2v) is 4.10. The molecule has 2 heteroatoms. The van der Waals surface area contributed by atoms with Crippen LogP contribution in [-0.2, 0) is 4.74 Å². The van der Waals surface area contributed by atoms with Gasteiger partial charge < -0.3 is 4.74 Å². The maximum Gasteiger partial charge on any atom is 0.150 e. The number of methoxy groups -OCH3 is 1. The molecule has 0 heterocycles. The molecule has 0 saturated heterocycles. The van der Waals surface area contributed by atoms with Gasteiger partial charge >= 0.3 is 0 Å². The summed E-state index contributed by atoms with van der Waals surface area (Å²) in [5, 5.41) is 0. The van der Waals surface area contributed by atoms with Gasteiger partial charge in [-0.3, -0.25) is 4.79 Å². The Morgan fingerprint density at radius 3 is 2.43 bits per heavy atom. The normalized spacial score (nSPS) is 12.4. The molecule has 1 aliphatic carbocycles. The topological polar surface area (TPSA) is 26.3 Å². The lowest BCUT2D eigenvalue weighted by Crippen LogP contribution is -1.99. The van der Waals surface area contributed by atoms with E-state index in [4.69, 9.17) is 4.74 Å². The van der Waals surface area contributed by atoms with Gasteiger partial charge in [-0.05, 0) is 18.9 Å². The largest absolute Gasteiger partial charge is 0.500 e. The van der Waals surface area contributed by atoms with Crippen molar-refractivity contribution < 1.29 is 9.53 Å². The highest BCUT2D eigenvalue weighted by Crippen LogP contribution is 2.29. The number of aldehydes is 1. The van der Waals surface area contributed by atoms with Crippen molar-refractivity contribution in [2.45, 2.75) is 33.6 Å². The minimum atomic E-state index is 0.707. The maximum atomic E-state index is 11.0. The van der Waals surface area contributed by atoms with Crippen molar-refractivity contribution in [3.05, 3.63) is 66.0 Å². The fraction of sp³-hybridized carbons (Fsp3) is 0.316. The van der Waals surface area contributed by atoms with Gasteiger partial charge in [-0.15, -0.1) is 6.58 Å². The van der Waals surface area contributed by atoms with Gasteiger partial charge in [0.25, 0.3) is 0 Å². The number of ether oxygens (including phenoxy) is 1. The van der Waals surface area contributed by atoms with E-state index in [1.807, 2.05) is 51.1 Å². The first-order valence-corrected chi connectivity index (χ1v) is 7.33. The van der Waals surface area contributed by atoms with E-state index in [0.717, 1.165) is 36.0 Å². The summed E-state index contributed by atoms with van der Waals surface area (Å²) >= 11 is 0. The Morgan fingerprint density at radius 2 is 1.86 bits per heavy atom. The summed E-state index contributed by atoms with van der Waals surface area (Å²) in [5.74, 6) is 0.955. The first kappa shape index (κ1) is 18.9. The van der Waals surface area contributed by atoms with Crippen LogP contribution in [0.4, 0.5) is 0 Å². The Bertz CT molecular complexity index is 496. The molecule has 0 amide bonds. The molecular formula is C19H26O2. The standard InChI is InChI=1S/C14H14O2.C3H6.C2H6/c1-16-14-9-5-4-8-13(14)12-7-3-2-6-11(12)10-15;1-3-2;1-2/h2-4,6-8,10H,5,9H2,1H3;3H,1H2,2H3;1-2H3. The zero-order valence-corrected chi connectivity index (χ0v) is 13.6. The first-order chi connectivity index (χ1) is 10.3. The van der Waals surface area contributed by atoms with Crippen LogP contribution in [0, 0.1) is 0 Å². The molecule has 0 radical (unpaired) electrons. The van der Waals surface area contributed by atoms with E-state index in [9.17, 15) is 4.79 Å². The van der Waals surface area contributed by atoms with Crippen molar-refractivity contribution in [1.82, 2.24) is 0 Å². The fourth-order valence-corrected chi connectivity index (χ4v) is 1.94. The highest BCUT2D eigenvalue weighted by molar-refractivity contribution is 5.89. The van der Waals surface area contributed by atoms with Crippen molar-refractivity contribution >= 4 is 11.9 Å². The number of allylic oxidation sites excluding steroid dienone is 5. The molecule has 114 valence electrons. The molecule has 0 fully saturated rings. The van der Waals surface area contributed by atoms with E-state index in [1.165, 1.54) is 0 Å². The van der Waals surface area contributed by atoms with Gasteiger partial charge in [-0.1, -0.05) is 56.3 Å². The van der Waals surface area contributed by atoms with Gasteiger partial charge in [-0.25, -0.2) is 0 Å². The molecule has 2 rings (SSSR count). The lowest BCUT2D eigenvalue weighted by molar-refractivity contribution is 0.112. The molecule has 0 saturated carbocycles. The van der Waals surface area contributed by atoms with Crippen LogP contribution in [0.15, 0.2) is 54.8 Å². The second kappa shape index (κ2) is 11.7. The second-order valence-electron chi connectivity index (χ2n) is 4.10. The molecule has 0 bridgehead atoms. The van der Waals surface area contributed by atoms with Crippen LogP contribution in [0.1, 0.15) is 49.5 Å². The molecule has 21 heavy (non-hydrogen) atoms. The Balaban J connectivity index is 0.000000713. The van der Waals surface area contributed by atoms with E-state index in [-0.39, 0.29) is 0 Å². The Morgan fingerprint density at radius 1 is 1.24 bits per heavy atom. The van der Waals surface area contributed by atoms with E-state index in [1.54, 1.807) is 13.2 Å². The lowest BCUT2D eigenvalue weighted by atomic mass is 9.94. The van der Waals surface area contributed by atoms with Crippen molar-refractivity contribution in [2.24, 2.45) is 0 Å². The molecule has 0 spiro atoms. The third-order valence-corrected chi connectivity index (χ3v) is 2.75. The minimum absolute atomic E-state index is 0.707. The number of benzene rings is 1. The summed E-state index contributed by atoms with van der Waals surface area (Å²) in [4.78, 5) is 11.0. The lowest BCUT2D eigenvalue weighted by Gasteiger charge is -2.16. The van der Waals surface area contributed by atoms with Crippen molar-refractivity contribution in [2.75, 3.05) is 7.11 Å². The number of hydrogen-bond acceptors (Lipinski definition) is 2. The summed E-state index contributed by atoms with van der Waals surface area (Å²) in [6, 6.07) is 7.58. The van der Waals surface area contributed by atoms with Crippen LogP contribution in [0.25, 0.3) is 5.57 Å². The minimum Gasteiger partial charge on any atom is -0.500 e.